The number of carbonyl (C=O) groups excluding carboxylic acids is 1. The predicted octanol–water partition coefficient (Wildman–Crippen LogP) is 0.996. The van der Waals surface area contributed by atoms with E-state index in [-0.39, 0.29) is 0 Å². The Morgan fingerprint density at radius 1 is 1.50 bits per heavy atom. The number of nitrogens with one attached hydrogen (secondary N) is 1. The monoisotopic (exact) mass is 221 g/mol. The molecule has 0 amide bonds. The van der Waals surface area contributed by atoms with Gasteiger partial charge in [-0.1, -0.05) is 30.3 Å². The zero-order valence-corrected chi connectivity index (χ0v) is 9.09. The summed E-state index contributed by atoms with van der Waals surface area (Å²) in [5, 5.41) is 12.5. The molecule has 0 spiro atoms. The fourth-order valence-electron chi connectivity index (χ4n) is 1.17. The van der Waals surface area contributed by atoms with Crippen LogP contribution in [0, 0.1) is 0 Å². The number of aliphatic hydroxyl groups excluding tert-OH is 1. The van der Waals surface area contributed by atoms with Gasteiger partial charge in [0.2, 0.25) is 0 Å². The van der Waals surface area contributed by atoms with Gasteiger partial charge in [-0.3, -0.25) is 0 Å². The molecule has 16 heavy (non-hydrogen) atoms. The highest BCUT2D eigenvalue weighted by molar-refractivity contribution is 5.81. The molecule has 0 aliphatic rings. The number of rotatable bonds is 5. The molecule has 1 aromatic rings. The molecule has 1 rings (SSSR count). The smallest absolute Gasteiger partial charge is 0.331 e. The fraction of sp³-hybridized carbons (Fsp3) is 0.250. The summed E-state index contributed by atoms with van der Waals surface area (Å²) in [5.74, 6) is -0.429. The third-order valence-corrected chi connectivity index (χ3v) is 2.03. The Balaban J connectivity index is 2.34. The lowest BCUT2D eigenvalue weighted by atomic mass is 10.1. The first-order valence-electron chi connectivity index (χ1n) is 4.95. The molecule has 0 saturated heterocycles. The van der Waals surface area contributed by atoms with Gasteiger partial charge in [0.15, 0.2) is 0 Å². The number of benzene rings is 1. The summed E-state index contributed by atoms with van der Waals surface area (Å²) >= 11 is 0. The van der Waals surface area contributed by atoms with Crippen molar-refractivity contribution in [1.82, 2.24) is 5.32 Å². The van der Waals surface area contributed by atoms with Crippen molar-refractivity contribution < 1.29 is 14.6 Å². The van der Waals surface area contributed by atoms with Crippen molar-refractivity contribution in [3.8, 4) is 0 Å². The molecule has 4 nitrogen and oxygen atoms in total. The van der Waals surface area contributed by atoms with E-state index >= 15 is 0 Å². The Morgan fingerprint density at radius 3 is 2.81 bits per heavy atom. The molecule has 0 aliphatic heterocycles. The van der Waals surface area contributed by atoms with Crippen LogP contribution < -0.4 is 5.32 Å². The maximum atomic E-state index is 10.7. The maximum Gasteiger partial charge on any atom is 0.331 e. The van der Waals surface area contributed by atoms with E-state index in [0.29, 0.717) is 6.54 Å². The van der Waals surface area contributed by atoms with E-state index < -0.39 is 12.1 Å². The third-order valence-electron chi connectivity index (χ3n) is 2.03. The Morgan fingerprint density at radius 2 is 2.19 bits per heavy atom. The topological polar surface area (TPSA) is 58.6 Å². The molecule has 86 valence electrons. The molecule has 2 N–H and O–H groups in total. The average Bonchev–Trinajstić information content (AvgIpc) is 2.35. The second kappa shape index (κ2) is 6.63. The van der Waals surface area contributed by atoms with Gasteiger partial charge in [0, 0.05) is 18.8 Å². The first-order valence-corrected chi connectivity index (χ1v) is 4.95. The van der Waals surface area contributed by atoms with Crippen molar-refractivity contribution in [2.45, 2.75) is 6.10 Å². The van der Waals surface area contributed by atoms with Gasteiger partial charge in [0.25, 0.3) is 0 Å². The molecule has 0 aromatic heterocycles. The Bertz CT molecular complexity index is 349. The summed E-state index contributed by atoms with van der Waals surface area (Å²) in [5.41, 5.74) is 0.835. The van der Waals surface area contributed by atoms with E-state index in [0.717, 1.165) is 5.56 Å². The van der Waals surface area contributed by atoms with Gasteiger partial charge in [-0.25, -0.2) is 4.79 Å². The summed E-state index contributed by atoms with van der Waals surface area (Å²) in [4.78, 5) is 10.7. The number of esters is 1. The largest absolute Gasteiger partial charge is 0.466 e. The van der Waals surface area contributed by atoms with Crippen LogP contribution in [-0.2, 0) is 9.53 Å². The zero-order chi connectivity index (χ0) is 11.8. The predicted molar refractivity (Wildman–Crippen MR) is 60.6 cm³/mol. The molecule has 4 heteroatoms. The van der Waals surface area contributed by atoms with Gasteiger partial charge in [-0.2, -0.15) is 0 Å². The SMILES string of the molecule is COC(=O)/C=C/NCC(O)c1ccccc1. The molecule has 0 aliphatic carbocycles. The minimum Gasteiger partial charge on any atom is -0.466 e. The molecule has 0 radical (unpaired) electrons. The number of aliphatic hydroxyl groups is 1. The molecule has 0 heterocycles. The Hall–Kier alpha value is -1.81. The van der Waals surface area contributed by atoms with E-state index in [1.807, 2.05) is 30.3 Å². The molecule has 0 saturated carbocycles. The van der Waals surface area contributed by atoms with Crippen LogP contribution in [0.15, 0.2) is 42.6 Å². The van der Waals surface area contributed by atoms with Crippen LogP contribution in [0.2, 0.25) is 0 Å². The van der Waals surface area contributed by atoms with Crippen LogP contribution >= 0.6 is 0 Å². The van der Waals surface area contributed by atoms with E-state index in [4.69, 9.17) is 0 Å². The van der Waals surface area contributed by atoms with Gasteiger partial charge in [0.1, 0.15) is 0 Å². The maximum absolute atomic E-state index is 10.7. The van der Waals surface area contributed by atoms with Crippen LogP contribution in [0.25, 0.3) is 0 Å². The summed E-state index contributed by atoms with van der Waals surface area (Å²) in [6, 6.07) is 9.30. The summed E-state index contributed by atoms with van der Waals surface area (Å²) in [6.07, 6.45) is 2.12. The third kappa shape index (κ3) is 4.14. The summed E-state index contributed by atoms with van der Waals surface area (Å²) in [7, 11) is 1.31. The van der Waals surface area contributed by atoms with Crippen LogP contribution in [0.3, 0.4) is 0 Å². The second-order valence-electron chi connectivity index (χ2n) is 3.19. The number of ether oxygens (including phenoxy) is 1. The highest BCUT2D eigenvalue weighted by Gasteiger charge is 2.04. The van der Waals surface area contributed by atoms with Crippen molar-refractivity contribution in [2.24, 2.45) is 0 Å². The minimum absolute atomic E-state index is 0.345. The number of carbonyl (C=O) groups is 1. The normalized spacial score (nSPS) is 12.4. The number of methoxy groups -OCH3 is 1. The van der Waals surface area contributed by atoms with Crippen LogP contribution in [0.4, 0.5) is 0 Å². The van der Waals surface area contributed by atoms with Crippen molar-refractivity contribution in [2.75, 3.05) is 13.7 Å². The van der Waals surface area contributed by atoms with Gasteiger partial charge in [-0.05, 0) is 5.56 Å². The minimum atomic E-state index is -0.594. The van der Waals surface area contributed by atoms with Crippen LogP contribution in [0.5, 0.6) is 0 Å². The molecule has 1 unspecified atom stereocenters. The lowest BCUT2D eigenvalue weighted by Crippen LogP contribution is -2.16. The molecule has 0 bridgehead atoms. The molecular formula is C12H15NO3. The van der Waals surface area contributed by atoms with Gasteiger partial charge in [0.05, 0.1) is 13.2 Å². The van der Waals surface area contributed by atoms with Crippen LogP contribution in [-0.4, -0.2) is 24.7 Å². The molecular weight excluding hydrogens is 206 g/mol. The lowest BCUT2D eigenvalue weighted by Gasteiger charge is -2.10. The highest BCUT2D eigenvalue weighted by atomic mass is 16.5. The zero-order valence-electron chi connectivity index (χ0n) is 9.09. The molecule has 1 atom stereocenters. The number of hydrogen-bond donors (Lipinski definition) is 2. The fourth-order valence-corrected chi connectivity index (χ4v) is 1.17. The summed E-state index contributed by atoms with van der Waals surface area (Å²) < 4.78 is 4.41. The average molecular weight is 221 g/mol. The Kier molecular flexibility index (Phi) is 5.08. The number of hydrogen-bond acceptors (Lipinski definition) is 4. The summed E-state index contributed by atoms with van der Waals surface area (Å²) in [6.45, 7) is 0.345. The first-order chi connectivity index (χ1) is 7.74. The van der Waals surface area contributed by atoms with E-state index in [9.17, 15) is 9.90 Å². The van der Waals surface area contributed by atoms with Crippen molar-refractivity contribution in [3.05, 3.63) is 48.2 Å². The first kappa shape index (κ1) is 12.3. The quantitative estimate of drug-likeness (QED) is 0.575. The van der Waals surface area contributed by atoms with Crippen molar-refractivity contribution >= 4 is 5.97 Å². The lowest BCUT2D eigenvalue weighted by molar-refractivity contribution is -0.134. The van der Waals surface area contributed by atoms with Crippen molar-refractivity contribution in [3.63, 3.8) is 0 Å². The standard InChI is InChI=1S/C12H15NO3/c1-16-12(15)7-8-13-9-11(14)10-5-3-2-4-6-10/h2-8,11,13-14H,9H2,1H3/b8-7+. The Labute approximate surface area is 94.6 Å². The highest BCUT2D eigenvalue weighted by Crippen LogP contribution is 2.10. The molecule has 1 aromatic carbocycles. The van der Waals surface area contributed by atoms with Crippen LogP contribution in [0.1, 0.15) is 11.7 Å². The van der Waals surface area contributed by atoms with E-state index in [1.54, 1.807) is 0 Å². The molecule has 0 fully saturated rings. The van der Waals surface area contributed by atoms with E-state index in [1.165, 1.54) is 19.4 Å². The van der Waals surface area contributed by atoms with Gasteiger partial charge >= 0.3 is 5.97 Å². The van der Waals surface area contributed by atoms with E-state index in [2.05, 4.69) is 10.1 Å². The van der Waals surface area contributed by atoms with Gasteiger partial charge in [-0.15, -0.1) is 0 Å². The van der Waals surface area contributed by atoms with Crippen molar-refractivity contribution in [1.29, 1.82) is 0 Å². The van der Waals surface area contributed by atoms with Gasteiger partial charge < -0.3 is 15.2 Å². The second-order valence-corrected chi connectivity index (χ2v) is 3.19.